The van der Waals surface area contributed by atoms with Crippen molar-refractivity contribution < 1.29 is 21.2 Å². The Labute approximate surface area is 120 Å². The molecule has 19 heavy (non-hydrogen) atoms. The minimum Gasteiger partial charge on any atom is -0.229 e. The summed E-state index contributed by atoms with van der Waals surface area (Å²) in [4.78, 5) is -0.248. The smallest absolute Gasteiger partial charge is 0.229 e. The Balaban J connectivity index is 2.79. The van der Waals surface area contributed by atoms with Crippen molar-refractivity contribution >= 4 is 35.8 Å². The van der Waals surface area contributed by atoms with E-state index in [2.05, 4.69) is 20.7 Å². The van der Waals surface area contributed by atoms with Gasteiger partial charge in [-0.15, -0.1) is 0 Å². The molecular weight excluding hydrogens is 361 g/mol. The molecule has 0 amide bonds. The molecule has 0 saturated carbocycles. The fraction of sp³-hybridized carbons (Fsp3) is 0.400. The van der Waals surface area contributed by atoms with Gasteiger partial charge in [0.25, 0.3) is 0 Å². The topological polar surface area (TPSA) is 80.3 Å². The molecule has 9 heteroatoms. The Bertz CT molecular complexity index is 658. The lowest BCUT2D eigenvalue weighted by Gasteiger charge is -2.07. The van der Waals surface area contributed by atoms with Crippen molar-refractivity contribution in [1.29, 1.82) is 0 Å². The van der Waals surface area contributed by atoms with Gasteiger partial charge in [-0.2, -0.15) is 0 Å². The van der Waals surface area contributed by atoms with Gasteiger partial charge >= 0.3 is 0 Å². The van der Waals surface area contributed by atoms with Crippen LogP contribution in [0.1, 0.15) is 6.92 Å². The highest BCUT2D eigenvalue weighted by Gasteiger charge is 2.17. The number of benzene rings is 1. The molecule has 0 bridgehead atoms. The molecule has 1 N–H and O–H groups in total. The molecule has 1 aromatic carbocycles. The first-order chi connectivity index (χ1) is 8.68. The lowest BCUT2D eigenvalue weighted by atomic mass is 10.3. The predicted octanol–water partition coefficient (Wildman–Crippen LogP) is 1.30. The second kappa shape index (κ2) is 6.29. The van der Waals surface area contributed by atoms with Gasteiger partial charge in [-0.1, -0.05) is 6.92 Å². The molecule has 0 aliphatic heterocycles. The van der Waals surface area contributed by atoms with E-state index in [1.54, 1.807) is 0 Å². The van der Waals surface area contributed by atoms with E-state index >= 15 is 0 Å². The van der Waals surface area contributed by atoms with E-state index < -0.39 is 25.7 Å². The monoisotopic (exact) mass is 373 g/mol. The van der Waals surface area contributed by atoms with Crippen LogP contribution in [0.3, 0.4) is 0 Å². The summed E-state index contributed by atoms with van der Waals surface area (Å²) in [6.07, 6.45) is 0. The number of nitrogens with one attached hydrogen (secondary N) is 1. The first-order valence-electron chi connectivity index (χ1n) is 5.33. The predicted molar refractivity (Wildman–Crippen MR) is 73.6 cm³/mol. The molecule has 0 atom stereocenters. The van der Waals surface area contributed by atoms with Gasteiger partial charge in [0, 0.05) is 12.3 Å². The summed E-state index contributed by atoms with van der Waals surface area (Å²) in [5, 5.41) is 0. The maximum absolute atomic E-state index is 13.2. The normalized spacial score (nSPS) is 12.6. The number of hydrogen-bond acceptors (Lipinski definition) is 4. The highest BCUT2D eigenvalue weighted by atomic mass is 79.9. The number of sulfone groups is 1. The molecule has 0 saturated heterocycles. The van der Waals surface area contributed by atoms with Gasteiger partial charge in [0.05, 0.1) is 15.1 Å². The summed E-state index contributed by atoms with van der Waals surface area (Å²) in [5.74, 6) is -1.05. The summed E-state index contributed by atoms with van der Waals surface area (Å²) in [5.41, 5.74) is 0. The summed E-state index contributed by atoms with van der Waals surface area (Å²) < 4.78 is 61.5. The minimum atomic E-state index is -3.91. The molecule has 0 aromatic heterocycles. The van der Waals surface area contributed by atoms with Gasteiger partial charge in [-0.3, -0.25) is 0 Å². The van der Waals surface area contributed by atoms with Gasteiger partial charge in [0.1, 0.15) is 5.82 Å². The first kappa shape index (κ1) is 16.5. The van der Waals surface area contributed by atoms with Crippen molar-refractivity contribution in [2.45, 2.75) is 11.8 Å². The molecule has 0 fully saturated rings. The van der Waals surface area contributed by atoms with Crippen LogP contribution in [0.5, 0.6) is 0 Å². The van der Waals surface area contributed by atoms with Crippen LogP contribution in [-0.2, 0) is 19.9 Å². The molecule has 5 nitrogen and oxygen atoms in total. The third kappa shape index (κ3) is 4.83. The van der Waals surface area contributed by atoms with Crippen molar-refractivity contribution in [2.24, 2.45) is 0 Å². The van der Waals surface area contributed by atoms with E-state index in [4.69, 9.17) is 0 Å². The molecule has 0 radical (unpaired) electrons. The van der Waals surface area contributed by atoms with Crippen LogP contribution in [0.4, 0.5) is 4.39 Å². The van der Waals surface area contributed by atoms with Gasteiger partial charge in [-0.25, -0.2) is 25.9 Å². The van der Waals surface area contributed by atoms with Crippen LogP contribution >= 0.6 is 15.9 Å². The molecule has 1 rings (SSSR count). The van der Waals surface area contributed by atoms with E-state index in [0.717, 1.165) is 6.07 Å². The summed E-state index contributed by atoms with van der Waals surface area (Å²) in [6.45, 7) is 1.24. The van der Waals surface area contributed by atoms with Crippen molar-refractivity contribution in [1.82, 2.24) is 4.72 Å². The fourth-order valence-corrected chi connectivity index (χ4v) is 3.32. The quantitative estimate of drug-likeness (QED) is 0.814. The van der Waals surface area contributed by atoms with Crippen molar-refractivity contribution in [3.63, 3.8) is 0 Å². The number of rotatable bonds is 6. The van der Waals surface area contributed by atoms with E-state index in [0.29, 0.717) is 0 Å². The molecule has 108 valence electrons. The van der Waals surface area contributed by atoms with Crippen LogP contribution in [0, 0.1) is 5.82 Å². The van der Waals surface area contributed by atoms with Gasteiger partial charge in [0.15, 0.2) is 9.84 Å². The molecule has 0 heterocycles. The van der Waals surface area contributed by atoms with Crippen LogP contribution in [0.2, 0.25) is 0 Å². The fourth-order valence-electron chi connectivity index (χ4n) is 1.20. The minimum absolute atomic E-state index is 0.0539. The van der Waals surface area contributed by atoms with Gasteiger partial charge in [-0.05, 0) is 34.1 Å². The summed E-state index contributed by atoms with van der Waals surface area (Å²) >= 11 is 2.91. The lowest BCUT2D eigenvalue weighted by Crippen LogP contribution is -2.29. The van der Waals surface area contributed by atoms with E-state index in [1.807, 2.05) is 0 Å². The Hall–Kier alpha value is -0.510. The average molecular weight is 374 g/mol. The number of sulfonamides is 1. The van der Waals surface area contributed by atoms with E-state index in [1.165, 1.54) is 19.1 Å². The maximum atomic E-state index is 13.2. The third-order valence-electron chi connectivity index (χ3n) is 2.35. The van der Waals surface area contributed by atoms with Crippen LogP contribution in [0.25, 0.3) is 0 Å². The molecule has 0 unspecified atom stereocenters. The maximum Gasteiger partial charge on any atom is 0.240 e. The number of halogens is 2. The summed E-state index contributed by atoms with van der Waals surface area (Å²) in [7, 11) is -7.15. The molecule has 0 spiro atoms. The zero-order valence-corrected chi connectivity index (χ0v) is 13.3. The van der Waals surface area contributed by atoms with Crippen molar-refractivity contribution in [3.05, 3.63) is 28.5 Å². The van der Waals surface area contributed by atoms with E-state index in [-0.39, 0.29) is 27.4 Å². The number of hydrogen-bond donors (Lipinski definition) is 1. The van der Waals surface area contributed by atoms with Gasteiger partial charge < -0.3 is 0 Å². The Morgan fingerprint density at radius 1 is 1.26 bits per heavy atom. The summed E-state index contributed by atoms with van der Waals surface area (Å²) in [6, 6.07) is 3.36. The highest BCUT2D eigenvalue weighted by molar-refractivity contribution is 9.10. The highest BCUT2D eigenvalue weighted by Crippen LogP contribution is 2.19. The lowest BCUT2D eigenvalue weighted by molar-refractivity contribution is 0.577. The Kier molecular flexibility index (Phi) is 5.48. The molecule has 0 aliphatic carbocycles. The SMILES string of the molecule is CCS(=O)(=O)CCNS(=O)(=O)c1ccc(Br)c(F)c1. The van der Waals surface area contributed by atoms with Gasteiger partial charge in [0.2, 0.25) is 10.0 Å². The van der Waals surface area contributed by atoms with Crippen molar-refractivity contribution in [3.8, 4) is 0 Å². The van der Waals surface area contributed by atoms with E-state index in [9.17, 15) is 21.2 Å². The second-order valence-corrected chi connectivity index (χ2v) is 8.80. The Morgan fingerprint density at radius 2 is 1.89 bits per heavy atom. The third-order valence-corrected chi connectivity index (χ3v) is 6.15. The first-order valence-corrected chi connectivity index (χ1v) is 9.43. The molecule has 0 aliphatic rings. The van der Waals surface area contributed by atoms with Crippen LogP contribution < -0.4 is 4.72 Å². The second-order valence-electron chi connectivity index (χ2n) is 3.71. The molecule has 1 aromatic rings. The zero-order chi connectivity index (χ0) is 14.7. The average Bonchev–Trinajstić information content (AvgIpc) is 2.32. The van der Waals surface area contributed by atoms with Crippen LogP contribution in [-0.4, -0.2) is 34.9 Å². The Morgan fingerprint density at radius 3 is 2.42 bits per heavy atom. The van der Waals surface area contributed by atoms with Crippen molar-refractivity contribution in [2.75, 3.05) is 18.1 Å². The standard InChI is InChI=1S/C10H13BrFNO4S2/c1-2-18(14,15)6-5-13-19(16,17)8-3-4-9(11)10(12)7-8/h3-4,7,13H,2,5-6H2,1H3. The largest absolute Gasteiger partial charge is 0.240 e. The molecular formula is C10H13BrFNO4S2. The zero-order valence-electron chi connectivity index (χ0n) is 10.1. The van der Waals surface area contributed by atoms with Crippen LogP contribution in [0.15, 0.2) is 27.6 Å².